The second kappa shape index (κ2) is 7.94. The zero-order chi connectivity index (χ0) is 18.6. The monoisotopic (exact) mass is 376 g/mol. The van der Waals surface area contributed by atoms with Crippen LogP contribution in [0.4, 0.5) is 10.8 Å². The van der Waals surface area contributed by atoms with Gasteiger partial charge in [0.2, 0.25) is 0 Å². The third-order valence-electron chi connectivity index (χ3n) is 4.63. The topological polar surface area (TPSA) is 44.0 Å². The van der Waals surface area contributed by atoms with Gasteiger partial charge in [0.25, 0.3) is 0 Å². The number of aromatic amines is 1. The molecular weight excluding hydrogens is 352 g/mol. The van der Waals surface area contributed by atoms with Gasteiger partial charge in [-0.15, -0.1) is 11.3 Å². The molecule has 4 aromatic rings. The lowest BCUT2D eigenvalue weighted by molar-refractivity contribution is 0.414. The van der Waals surface area contributed by atoms with Crippen LogP contribution in [0.15, 0.2) is 60.1 Å². The minimum atomic E-state index is 0.866. The van der Waals surface area contributed by atoms with Crippen LogP contribution in [0.1, 0.15) is 16.8 Å². The van der Waals surface area contributed by atoms with Crippen molar-refractivity contribution in [2.24, 2.45) is 0 Å². The van der Waals surface area contributed by atoms with Crippen LogP contribution in [-0.2, 0) is 12.8 Å². The van der Waals surface area contributed by atoms with E-state index < -0.39 is 0 Å². The average Bonchev–Trinajstić information content (AvgIpc) is 3.27. The van der Waals surface area contributed by atoms with Gasteiger partial charge in [-0.3, -0.25) is 0 Å². The molecule has 4 nitrogen and oxygen atoms in total. The summed E-state index contributed by atoms with van der Waals surface area (Å²) in [6, 6.07) is 16.9. The Labute approximate surface area is 163 Å². The summed E-state index contributed by atoms with van der Waals surface area (Å²) in [5.74, 6) is 0. The standard InChI is InChI=1S/C22H24N4S/c1-26(2)11-10-17-14-23-21-9-8-18(13-20(17)21)24-22-25-19(15-27-22)12-16-6-4-3-5-7-16/h3-9,13-15,23H,10-12H2,1-2H3,(H,24,25). The van der Waals surface area contributed by atoms with Gasteiger partial charge in [0, 0.05) is 41.1 Å². The van der Waals surface area contributed by atoms with E-state index in [2.05, 4.69) is 83.3 Å². The molecule has 0 aliphatic heterocycles. The number of benzene rings is 2. The molecule has 5 heteroatoms. The largest absolute Gasteiger partial charge is 0.361 e. The molecule has 2 N–H and O–H groups in total. The number of H-pyrrole nitrogens is 1. The minimum absolute atomic E-state index is 0.866. The molecule has 0 aliphatic carbocycles. The van der Waals surface area contributed by atoms with Crippen molar-refractivity contribution < 1.29 is 0 Å². The molecule has 0 saturated heterocycles. The predicted molar refractivity (Wildman–Crippen MR) is 115 cm³/mol. The molecular formula is C22H24N4S. The van der Waals surface area contributed by atoms with Gasteiger partial charge >= 0.3 is 0 Å². The second-order valence-electron chi connectivity index (χ2n) is 7.06. The molecule has 2 aromatic carbocycles. The number of anilines is 2. The van der Waals surface area contributed by atoms with Crippen LogP contribution in [0.5, 0.6) is 0 Å². The van der Waals surface area contributed by atoms with E-state index in [0.717, 1.165) is 35.9 Å². The molecule has 0 radical (unpaired) electrons. The van der Waals surface area contributed by atoms with E-state index in [1.807, 2.05) is 6.07 Å². The van der Waals surface area contributed by atoms with E-state index in [9.17, 15) is 0 Å². The Kier molecular flexibility index (Phi) is 5.23. The fourth-order valence-electron chi connectivity index (χ4n) is 3.18. The first-order valence-electron chi connectivity index (χ1n) is 9.17. The third-order valence-corrected chi connectivity index (χ3v) is 5.43. The van der Waals surface area contributed by atoms with Gasteiger partial charge in [-0.1, -0.05) is 30.3 Å². The van der Waals surface area contributed by atoms with Crippen molar-refractivity contribution in [3.05, 3.63) is 76.9 Å². The first kappa shape index (κ1) is 17.8. The van der Waals surface area contributed by atoms with Crippen molar-refractivity contribution in [2.45, 2.75) is 12.8 Å². The lowest BCUT2D eigenvalue weighted by Crippen LogP contribution is -2.14. The molecule has 0 unspecified atom stereocenters. The molecule has 138 valence electrons. The fourth-order valence-corrected chi connectivity index (χ4v) is 3.91. The zero-order valence-corrected chi connectivity index (χ0v) is 16.5. The number of hydrogen-bond acceptors (Lipinski definition) is 4. The number of nitrogens with zero attached hydrogens (tertiary/aromatic N) is 2. The smallest absolute Gasteiger partial charge is 0.187 e. The van der Waals surface area contributed by atoms with Crippen LogP contribution in [-0.4, -0.2) is 35.5 Å². The van der Waals surface area contributed by atoms with E-state index in [0.29, 0.717) is 0 Å². The summed E-state index contributed by atoms with van der Waals surface area (Å²) in [5, 5.41) is 7.82. The minimum Gasteiger partial charge on any atom is -0.361 e. The number of hydrogen-bond donors (Lipinski definition) is 2. The van der Waals surface area contributed by atoms with Gasteiger partial charge in [0.15, 0.2) is 5.13 Å². The molecule has 0 bridgehead atoms. The lowest BCUT2D eigenvalue weighted by atomic mass is 10.1. The normalized spacial score (nSPS) is 11.4. The van der Waals surface area contributed by atoms with Gasteiger partial charge in [0.1, 0.15) is 0 Å². The highest BCUT2D eigenvalue weighted by Crippen LogP contribution is 2.27. The SMILES string of the molecule is CN(C)CCc1c[nH]c2ccc(Nc3nc(Cc4ccccc4)cs3)cc12. The maximum atomic E-state index is 4.74. The molecule has 0 spiro atoms. The average molecular weight is 377 g/mol. The molecule has 4 rings (SSSR count). The summed E-state index contributed by atoms with van der Waals surface area (Å²) in [6.45, 7) is 1.04. The van der Waals surface area contributed by atoms with Crippen molar-refractivity contribution >= 4 is 33.1 Å². The van der Waals surface area contributed by atoms with Gasteiger partial charge in [-0.2, -0.15) is 0 Å². The third kappa shape index (κ3) is 4.38. The molecule has 27 heavy (non-hydrogen) atoms. The Balaban J connectivity index is 1.49. The maximum Gasteiger partial charge on any atom is 0.187 e. The first-order valence-corrected chi connectivity index (χ1v) is 10.1. The van der Waals surface area contributed by atoms with Crippen LogP contribution in [0, 0.1) is 0 Å². The Morgan fingerprint density at radius 3 is 2.78 bits per heavy atom. The number of nitrogens with one attached hydrogen (secondary N) is 2. The van der Waals surface area contributed by atoms with E-state index in [-0.39, 0.29) is 0 Å². The quantitative estimate of drug-likeness (QED) is 0.474. The van der Waals surface area contributed by atoms with Gasteiger partial charge in [0.05, 0.1) is 5.69 Å². The van der Waals surface area contributed by atoms with E-state index in [4.69, 9.17) is 4.98 Å². The number of likely N-dealkylation sites (N-methyl/N-ethyl adjacent to an activating group) is 1. The molecule has 0 saturated carbocycles. The number of fused-ring (bicyclic) bond motifs is 1. The Morgan fingerprint density at radius 1 is 1.11 bits per heavy atom. The highest BCUT2D eigenvalue weighted by Gasteiger charge is 2.08. The molecule has 0 fully saturated rings. The van der Waals surface area contributed by atoms with Crippen LogP contribution in [0.2, 0.25) is 0 Å². The highest BCUT2D eigenvalue weighted by atomic mass is 32.1. The van der Waals surface area contributed by atoms with Gasteiger partial charge in [-0.05, 0) is 49.8 Å². The van der Waals surface area contributed by atoms with E-state index >= 15 is 0 Å². The van der Waals surface area contributed by atoms with Gasteiger partial charge < -0.3 is 15.2 Å². The number of rotatable bonds is 7. The molecule has 0 amide bonds. The summed E-state index contributed by atoms with van der Waals surface area (Å²) in [4.78, 5) is 10.3. The second-order valence-corrected chi connectivity index (χ2v) is 7.92. The molecule has 2 aromatic heterocycles. The summed E-state index contributed by atoms with van der Waals surface area (Å²) >= 11 is 1.65. The predicted octanol–water partition coefficient (Wildman–Crippen LogP) is 5.06. The van der Waals surface area contributed by atoms with Crippen LogP contribution >= 0.6 is 11.3 Å². The molecule has 0 atom stereocenters. The Bertz CT molecular complexity index is 1020. The lowest BCUT2D eigenvalue weighted by Gasteiger charge is -2.08. The highest BCUT2D eigenvalue weighted by molar-refractivity contribution is 7.13. The van der Waals surface area contributed by atoms with E-state index in [1.54, 1.807) is 11.3 Å². The van der Waals surface area contributed by atoms with Crippen molar-refractivity contribution in [1.82, 2.24) is 14.9 Å². The van der Waals surface area contributed by atoms with Crippen molar-refractivity contribution in [2.75, 3.05) is 26.0 Å². The molecule has 0 aliphatic rings. The number of thiazole rings is 1. The fraction of sp³-hybridized carbons (Fsp3) is 0.227. The zero-order valence-electron chi connectivity index (χ0n) is 15.7. The number of aromatic nitrogens is 2. The van der Waals surface area contributed by atoms with E-state index in [1.165, 1.54) is 22.0 Å². The van der Waals surface area contributed by atoms with Crippen LogP contribution in [0.25, 0.3) is 10.9 Å². The summed E-state index contributed by atoms with van der Waals surface area (Å²) in [6.07, 6.45) is 4.03. The first-order chi connectivity index (χ1) is 13.2. The Morgan fingerprint density at radius 2 is 1.96 bits per heavy atom. The van der Waals surface area contributed by atoms with Crippen molar-refractivity contribution in [3.63, 3.8) is 0 Å². The summed E-state index contributed by atoms with van der Waals surface area (Å²) < 4.78 is 0. The van der Waals surface area contributed by atoms with Crippen LogP contribution < -0.4 is 5.32 Å². The summed E-state index contributed by atoms with van der Waals surface area (Å²) in [7, 11) is 4.22. The van der Waals surface area contributed by atoms with Crippen LogP contribution in [0.3, 0.4) is 0 Å². The summed E-state index contributed by atoms with van der Waals surface area (Å²) in [5.41, 5.74) is 6.00. The van der Waals surface area contributed by atoms with Crippen molar-refractivity contribution in [3.8, 4) is 0 Å². The van der Waals surface area contributed by atoms with Crippen molar-refractivity contribution in [1.29, 1.82) is 0 Å². The maximum absolute atomic E-state index is 4.74. The molecule has 2 heterocycles. The Hall–Kier alpha value is -2.63. The van der Waals surface area contributed by atoms with Gasteiger partial charge in [-0.25, -0.2) is 4.98 Å².